The summed E-state index contributed by atoms with van der Waals surface area (Å²) in [7, 11) is 0. The van der Waals surface area contributed by atoms with Gasteiger partial charge in [0.1, 0.15) is 6.61 Å². The van der Waals surface area contributed by atoms with E-state index in [1.165, 1.54) is 11.1 Å². The van der Waals surface area contributed by atoms with Crippen LogP contribution >= 0.6 is 0 Å². The van der Waals surface area contributed by atoms with Crippen LogP contribution in [-0.4, -0.2) is 54.2 Å². The standard InChI is InChI=1S/C28H34N2O5/c1-3-19(14-26(31)30-13-12-18(2)24(16-30)27(32)33)15-29-28(34)35-17-25-22-10-6-4-8-20(22)21-9-5-7-11-23(21)25/h4-11,18-19,24-25H,3,12-17H2,1-2H3,(H,29,34)(H,32,33). The van der Waals surface area contributed by atoms with Gasteiger partial charge in [-0.1, -0.05) is 68.8 Å². The number of hydrogen-bond donors (Lipinski definition) is 2. The summed E-state index contributed by atoms with van der Waals surface area (Å²) in [6, 6.07) is 16.4. The number of alkyl carbamates (subject to hydrolysis) is 1. The Hall–Kier alpha value is -3.35. The normalized spacial score (nSPS) is 20.0. The lowest BCUT2D eigenvalue weighted by Crippen LogP contribution is -2.46. The molecule has 2 aromatic carbocycles. The smallest absolute Gasteiger partial charge is 0.407 e. The van der Waals surface area contributed by atoms with Crippen molar-refractivity contribution < 1.29 is 24.2 Å². The first-order valence-corrected chi connectivity index (χ1v) is 12.5. The van der Waals surface area contributed by atoms with Gasteiger partial charge in [0.05, 0.1) is 5.92 Å². The molecule has 2 aromatic rings. The molecule has 1 saturated heterocycles. The van der Waals surface area contributed by atoms with Crippen LogP contribution in [0, 0.1) is 17.8 Å². The monoisotopic (exact) mass is 478 g/mol. The van der Waals surface area contributed by atoms with E-state index in [1.54, 1.807) is 4.90 Å². The molecule has 3 atom stereocenters. The van der Waals surface area contributed by atoms with Gasteiger partial charge in [-0.3, -0.25) is 9.59 Å². The van der Waals surface area contributed by atoms with Crippen LogP contribution in [0.3, 0.4) is 0 Å². The molecule has 2 amide bonds. The van der Waals surface area contributed by atoms with Crippen molar-refractivity contribution in [2.45, 2.75) is 39.0 Å². The van der Waals surface area contributed by atoms with E-state index in [-0.39, 0.29) is 43.2 Å². The summed E-state index contributed by atoms with van der Waals surface area (Å²) in [5.74, 6) is -1.39. The second kappa shape index (κ2) is 10.9. The minimum Gasteiger partial charge on any atom is -0.481 e. The lowest BCUT2D eigenvalue weighted by Gasteiger charge is -2.35. The Morgan fingerprint density at radius 3 is 2.31 bits per heavy atom. The van der Waals surface area contributed by atoms with Gasteiger partial charge in [-0.25, -0.2) is 4.79 Å². The highest BCUT2D eigenvalue weighted by Gasteiger charge is 2.34. The molecule has 1 aliphatic carbocycles. The Morgan fingerprint density at radius 1 is 1.09 bits per heavy atom. The molecule has 1 fully saturated rings. The van der Waals surface area contributed by atoms with E-state index in [4.69, 9.17) is 4.74 Å². The fraction of sp³-hybridized carbons (Fsp3) is 0.464. The zero-order valence-electron chi connectivity index (χ0n) is 20.4. The van der Waals surface area contributed by atoms with Crippen LogP contribution in [0.15, 0.2) is 48.5 Å². The number of carboxylic acids is 1. The lowest BCUT2D eigenvalue weighted by molar-refractivity contribution is -0.148. The molecule has 0 radical (unpaired) electrons. The second-order valence-corrected chi connectivity index (χ2v) is 9.74. The third kappa shape index (κ3) is 5.50. The molecule has 7 nitrogen and oxygen atoms in total. The second-order valence-electron chi connectivity index (χ2n) is 9.74. The average Bonchev–Trinajstić information content (AvgIpc) is 3.19. The van der Waals surface area contributed by atoms with Crippen LogP contribution in [0.25, 0.3) is 11.1 Å². The van der Waals surface area contributed by atoms with Gasteiger partial charge in [-0.15, -0.1) is 0 Å². The molecule has 35 heavy (non-hydrogen) atoms. The summed E-state index contributed by atoms with van der Waals surface area (Å²) >= 11 is 0. The molecular formula is C28H34N2O5. The molecule has 7 heteroatoms. The van der Waals surface area contributed by atoms with E-state index in [0.717, 1.165) is 17.5 Å². The van der Waals surface area contributed by atoms with E-state index in [2.05, 4.69) is 29.6 Å². The Balaban J connectivity index is 1.27. The summed E-state index contributed by atoms with van der Waals surface area (Å²) in [5.41, 5.74) is 4.68. The number of likely N-dealkylation sites (tertiary alicyclic amines) is 1. The van der Waals surface area contributed by atoms with Gasteiger partial charge in [0.25, 0.3) is 0 Å². The number of carboxylic acid groups (broad SMARTS) is 1. The van der Waals surface area contributed by atoms with Crippen LogP contribution in [0.5, 0.6) is 0 Å². The molecule has 2 N–H and O–H groups in total. The molecule has 0 aromatic heterocycles. The largest absolute Gasteiger partial charge is 0.481 e. The zero-order chi connectivity index (χ0) is 24.9. The number of fused-ring (bicyclic) bond motifs is 3. The number of hydrogen-bond acceptors (Lipinski definition) is 4. The van der Waals surface area contributed by atoms with Gasteiger partial charge < -0.3 is 20.1 Å². The molecule has 0 bridgehead atoms. The number of nitrogens with zero attached hydrogens (tertiary/aromatic N) is 1. The van der Waals surface area contributed by atoms with E-state index < -0.39 is 18.0 Å². The van der Waals surface area contributed by atoms with Gasteiger partial charge in [0.15, 0.2) is 0 Å². The SMILES string of the molecule is CCC(CNC(=O)OCC1c2ccccc2-c2ccccc21)CC(=O)N1CCC(C)C(C(=O)O)C1. The number of nitrogens with one attached hydrogen (secondary N) is 1. The fourth-order valence-electron chi connectivity index (χ4n) is 5.23. The Morgan fingerprint density at radius 2 is 1.71 bits per heavy atom. The number of ether oxygens (including phenoxy) is 1. The molecule has 0 saturated carbocycles. The molecule has 186 valence electrons. The van der Waals surface area contributed by atoms with E-state index >= 15 is 0 Å². The summed E-state index contributed by atoms with van der Waals surface area (Å²) in [6.07, 6.45) is 1.20. The highest BCUT2D eigenvalue weighted by Crippen LogP contribution is 2.44. The molecule has 4 rings (SSSR count). The number of carbonyl (C=O) groups excluding carboxylic acids is 2. The number of benzene rings is 2. The van der Waals surface area contributed by atoms with Crippen molar-refractivity contribution >= 4 is 18.0 Å². The first-order valence-electron chi connectivity index (χ1n) is 12.5. The quantitative estimate of drug-likeness (QED) is 0.582. The highest BCUT2D eigenvalue weighted by atomic mass is 16.5. The van der Waals surface area contributed by atoms with Crippen LogP contribution in [0.1, 0.15) is 50.2 Å². The van der Waals surface area contributed by atoms with Crippen LogP contribution in [0.4, 0.5) is 4.79 Å². The number of piperidine rings is 1. The van der Waals surface area contributed by atoms with Gasteiger partial charge in [0, 0.05) is 32.0 Å². The first-order chi connectivity index (χ1) is 16.9. The van der Waals surface area contributed by atoms with Crippen LogP contribution in [-0.2, 0) is 14.3 Å². The van der Waals surface area contributed by atoms with Gasteiger partial charge in [-0.05, 0) is 40.5 Å². The summed E-state index contributed by atoms with van der Waals surface area (Å²) in [5, 5.41) is 12.2. The summed E-state index contributed by atoms with van der Waals surface area (Å²) in [6.45, 7) is 5.33. The third-order valence-electron chi connectivity index (χ3n) is 7.55. The minimum atomic E-state index is -0.848. The van der Waals surface area contributed by atoms with Crippen molar-refractivity contribution in [3.63, 3.8) is 0 Å². The van der Waals surface area contributed by atoms with Gasteiger partial charge in [-0.2, -0.15) is 0 Å². The number of rotatable bonds is 8. The van der Waals surface area contributed by atoms with Crippen molar-refractivity contribution in [1.29, 1.82) is 0 Å². The predicted octanol–water partition coefficient (Wildman–Crippen LogP) is 4.51. The first kappa shape index (κ1) is 24.8. The Labute approximate surface area is 206 Å². The van der Waals surface area contributed by atoms with Crippen LogP contribution in [0.2, 0.25) is 0 Å². The topological polar surface area (TPSA) is 95.9 Å². The van der Waals surface area contributed by atoms with Crippen LogP contribution < -0.4 is 5.32 Å². The third-order valence-corrected chi connectivity index (χ3v) is 7.55. The molecule has 3 unspecified atom stereocenters. The Kier molecular flexibility index (Phi) is 7.73. The van der Waals surface area contributed by atoms with Gasteiger partial charge >= 0.3 is 12.1 Å². The van der Waals surface area contributed by atoms with E-state index in [0.29, 0.717) is 19.5 Å². The number of amides is 2. The Bertz CT molecular complexity index is 1040. The molecular weight excluding hydrogens is 444 g/mol. The maximum Gasteiger partial charge on any atom is 0.407 e. The van der Waals surface area contributed by atoms with E-state index in [9.17, 15) is 19.5 Å². The van der Waals surface area contributed by atoms with Gasteiger partial charge in [0.2, 0.25) is 5.91 Å². The van der Waals surface area contributed by atoms with Crippen molar-refractivity contribution in [3.8, 4) is 11.1 Å². The number of carbonyl (C=O) groups is 3. The number of aliphatic carboxylic acids is 1. The lowest BCUT2D eigenvalue weighted by atomic mass is 9.86. The maximum absolute atomic E-state index is 12.8. The van der Waals surface area contributed by atoms with Crippen molar-refractivity contribution in [2.75, 3.05) is 26.2 Å². The maximum atomic E-state index is 12.8. The molecule has 1 aliphatic heterocycles. The minimum absolute atomic E-state index is 0.000346. The molecule has 1 heterocycles. The molecule has 2 aliphatic rings. The summed E-state index contributed by atoms with van der Waals surface area (Å²) in [4.78, 5) is 38.4. The zero-order valence-corrected chi connectivity index (χ0v) is 20.4. The van der Waals surface area contributed by atoms with Crippen molar-refractivity contribution in [2.24, 2.45) is 17.8 Å². The average molecular weight is 479 g/mol. The van der Waals surface area contributed by atoms with E-state index in [1.807, 2.05) is 38.1 Å². The van der Waals surface area contributed by atoms with Crippen molar-refractivity contribution in [1.82, 2.24) is 10.2 Å². The predicted molar refractivity (Wildman–Crippen MR) is 133 cm³/mol. The van der Waals surface area contributed by atoms with Crippen molar-refractivity contribution in [3.05, 3.63) is 59.7 Å². The highest BCUT2D eigenvalue weighted by molar-refractivity contribution is 5.79. The molecule has 0 spiro atoms. The fourth-order valence-corrected chi connectivity index (χ4v) is 5.23. The summed E-state index contributed by atoms with van der Waals surface area (Å²) < 4.78 is 5.60.